The van der Waals surface area contributed by atoms with Gasteiger partial charge in [0.15, 0.2) is 5.78 Å². The van der Waals surface area contributed by atoms with Gasteiger partial charge in [-0.15, -0.1) is 0 Å². The van der Waals surface area contributed by atoms with Crippen LogP contribution in [0.1, 0.15) is 35.6 Å². The van der Waals surface area contributed by atoms with Gasteiger partial charge in [0, 0.05) is 7.05 Å². The number of hydrogen-bond acceptors (Lipinski definition) is 3. The van der Waals surface area contributed by atoms with E-state index >= 15 is 0 Å². The number of aromatic nitrogens is 2. The molecule has 4 nitrogen and oxygen atoms in total. The summed E-state index contributed by atoms with van der Waals surface area (Å²) in [4.78, 5) is 12.5. The molecule has 0 aliphatic carbocycles. The van der Waals surface area contributed by atoms with Crippen molar-refractivity contribution in [2.75, 3.05) is 6.61 Å². The molecule has 0 bridgehead atoms. The molecule has 112 valence electrons. The molecule has 2 rings (SSSR count). The predicted octanol–water partition coefficient (Wildman–Crippen LogP) is 3.46. The first-order valence-corrected chi connectivity index (χ1v) is 7.41. The zero-order valence-electron chi connectivity index (χ0n) is 12.5. The summed E-state index contributed by atoms with van der Waals surface area (Å²) < 4.78 is 7.19. The van der Waals surface area contributed by atoms with Crippen LogP contribution >= 0.6 is 11.6 Å². The molecule has 1 heterocycles. The molecule has 0 N–H and O–H groups in total. The van der Waals surface area contributed by atoms with E-state index in [-0.39, 0.29) is 12.2 Å². The van der Waals surface area contributed by atoms with Crippen LogP contribution in [-0.4, -0.2) is 22.2 Å². The van der Waals surface area contributed by atoms with Crippen molar-refractivity contribution in [2.45, 2.75) is 26.7 Å². The molecule has 2 aromatic rings. The lowest BCUT2D eigenvalue weighted by molar-refractivity contribution is 0.0987. The Bertz CT molecular complexity index is 650. The third-order valence-corrected chi connectivity index (χ3v) is 3.75. The second-order valence-corrected chi connectivity index (χ2v) is 5.09. The van der Waals surface area contributed by atoms with E-state index in [9.17, 15) is 4.79 Å². The molecule has 1 aromatic carbocycles. The van der Waals surface area contributed by atoms with Crippen molar-refractivity contribution in [2.24, 2.45) is 7.05 Å². The van der Waals surface area contributed by atoms with E-state index < -0.39 is 0 Å². The summed E-state index contributed by atoms with van der Waals surface area (Å²) in [5, 5.41) is 4.92. The molecule has 0 amide bonds. The molecule has 1 aromatic heterocycles. The predicted molar refractivity (Wildman–Crippen MR) is 83.2 cm³/mol. The summed E-state index contributed by atoms with van der Waals surface area (Å²) >= 11 is 6.30. The number of Topliss-reactive ketones (excluding diaryl/α,β-unsaturated/α-hetero) is 1. The van der Waals surface area contributed by atoms with Crippen molar-refractivity contribution in [3.05, 3.63) is 46.2 Å². The van der Waals surface area contributed by atoms with Gasteiger partial charge in [0.25, 0.3) is 0 Å². The monoisotopic (exact) mass is 306 g/mol. The van der Waals surface area contributed by atoms with Crippen LogP contribution in [0.15, 0.2) is 24.3 Å². The molecule has 0 radical (unpaired) electrons. The van der Waals surface area contributed by atoms with Crippen LogP contribution < -0.4 is 4.74 Å². The van der Waals surface area contributed by atoms with E-state index in [1.54, 1.807) is 16.8 Å². The van der Waals surface area contributed by atoms with Gasteiger partial charge in [-0.2, -0.15) is 5.10 Å². The van der Waals surface area contributed by atoms with Gasteiger partial charge in [0.1, 0.15) is 5.75 Å². The van der Waals surface area contributed by atoms with Crippen molar-refractivity contribution < 1.29 is 9.53 Å². The number of rotatable bonds is 6. The van der Waals surface area contributed by atoms with E-state index in [2.05, 4.69) is 5.10 Å². The Balaban J connectivity index is 2.28. The smallest absolute Gasteiger partial charge is 0.172 e. The minimum absolute atomic E-state index is 0.0217. The van der Waals surface area contributed by atoms with E-state index in [4.69, 9.17) is 16.3 Å². The zero-order valence-corrected chi connectivity index (χ0v) is 13.3. The largest absolute Gasteiger partial charge is 0.493 e. The molecular weight excluding hydrogens is 288 g/mol. The van der Waals surface area contributed by atoms with Gasteiger partial charge in [0.2, 0.25) is 0 Å². The summed E-state index contributed by atoms with van der Waals surface area (Å²) in [6, 6.07) is 7.27. The number of benzene rings is 1. The first-order valence-electron chi connectivity index (χ1n) is 7.03. The van der Waals surface area contributed by atoms with Crippen LogP contribution in [0.4, 0.5) is 0 Å². The maximum atomic E-state index is 12.5. The number of carbonyl (C=O) groups excluding carboxylic acids is 1. The lowest BCUT2D eigenvalue weighted by Gasteiger charge is -2.09. The molecule has 21 heavy (non-hydrogen) atoms. The Hall–Kier alpha value is -1.81. The minimum Gasteiger partial charge on any atom is -0.493 e. The molecule has 0 unspecified atom stereocenters. The maximum absolute atomic E-state index is 12.5. The normalized spacial score (nSPS) is 10.7. The summed E-state index contributed by atoms with van der Waals surface area (Å²) in [5.74, 6) is 0.589. The number of para-hydroxylation sites is 1. The summed E-state index contributed by atoms with van der Waals surface area (Å²) in [6.07, 6.45) is 0.961. The third kappa shape index (κ3) is 3.27. The number of ether oxygens (including phenoxy) is 1. The summed E-state index contributed by atoms with van der Waals surface area (Å²) in [5.41, 5.74) is 2.14. The van der Waals surface area contributed by atoms with Crippen LogP contribution in [-0.2, 0) is 19.9 Å². The van der Waals surface area contributed by atoms with E-state index in [1.807, 2.05) is 33.0 Å². The summed E-state index contributed by atoms with van der Waals surface area (Å²) in [6.45, 7) is 4.41. The lowest BCUT2D eigenvalue weighted by Crippen LogP contribution is -2.10. The van der Waals surface area contributed by atoms with Crippen LogP contribution in [0.5, 0.6) is 5.75 Å². The Morgan fingerprint density at radius 2 is 2.05 bits per heavy atom. The number of ketones is 1. The molecule has 0 aliphatic rings. The molecule has 0 spiro atoms. The first-order chi connectivity index (χ1) is 10.1. The van der Waals surface area contributed by atoms with Crippen molar-refractivity contribution in [3.8, 4) is 5.75 Å². The highest BCUT2D eigenvalue weighted by atomic mass is 35.5. The average molecular weight is 307 g/mol. The second kappa shape index (κ2) is 6.76. The number of halogens is 1. The Morgan fingerprint density at radius 1 is 1.33 bits per heavy atom. The van der Waals surface area contributed by atoms with Crippen LogP contribution in [0, 0.1) is 0 Å². The van der Waals surface area contributed by atoms with Crippen molar-refractivity contribution in [1.82, 2.24) is 9.78 Å². The van der Waals surface area contributed by atoms with Crippen LogP contribution in [0.2, 0.25) is 5.02 Å². The van der Waals surface area contributed by atoms with Crippen LogP contribution in [0.25, 0.3) is 0 Å². The molecule has 0 saturated heterocycles. The third-order valence-electron chi connectivity index (χ3n) is 3.32. The average Bonchev–Trinajstić information content (AvgIpc) is 2.75. The van der Waals surface area contributed by atoms with Crippen molar-refractivity contribution in [1.29, 1.82) is 0 Å². The van der Waals surface area contributed by atoms with Gasteiger partial charge in [0.05, 0.1) is 35.0 Å². The van der Waals surface area contributed by atoms with Gasteiger partial charge in [-0.05, 0) is 25.5 Å². The SMILES string of the molecule is CCOc1ccccc1C(=O)Cc1c(Cl)c(CC)nn1C. The zero-order chi connectivity index (χ0) is 15.4. The molecule has 0 aliphatic heterocycles. The fourth-order valence-electron chi connectivity index (χ4n) is 2.24. The van der Waals surface area contributed by atoms with Crippen molar-refractivity contribution >= 4 is 17.4 Å². The Kier molecular flexibility index (Phi) is 5.02. The van der Waals surface area contributed by atoms with Gasteiger partial charge < -0.3 is 4.74 Å². The van der Waals surface area contributed by atoms with E-state index in [0.717, 1.165) is 17.8 Å². The Labute approximate surface area is 129 Å². The van der Waals surface area contributed by atoms with Gasteiger partial charge in [-0.1, -0.05) is 30.7 Å². The van der Waals surface area contributed by atoms with E-state index in [1.165, 1.54) is 0 Å². The lowest BCUT2D eigenvalue weighted by atomic mass is 10.1. The molecule has 0 saturated carbocycles. The number of nitrogens with zero attached hydrogens (tertiary/aromatic N) is 2. The van der Waals surface area contributed by atoms with Crippen LogP contribution in [0.3, 0.4) is 0 Å². The fourth-order valence-corrected chi connectivity index (χ4v) is 2.60. The summed E-state index contributed by atoms with van der Waals surface area (Å²) in [7, 11) is 1.81. The molecular formula is C16H19ClN2O2. The van der Waals surface area contributed by atoms with Gasteiger partial charge in [-0.25, -0.2) is 0 Å². The molecule has 5 heteroatoms. The highest BCUT2D eigenvalue weighted by Gasteiger charge is 2.19. The quantitative estimate of drug-likeness (QED) is 0.768. The fraction of sp³-hybridized carbons (Fsp3) is 0.375. The number of carbonyl (C=O) groups is 1. The maximum Gasteiger partial charge on any atom is 0.172 e. The van der Waals surface area contributed by atoms with Crippen molar-refractivity contribution in [3.63, 3.8) is 0 Å². The molecule has 0 fully saturated rings. The van der Waals surface area contributed by atoms with E-state index in [0.29, 0.717) is 22.9 Å². The molecule has 0 atom stereocenters. The first kappa shape index (κ1) is 15.6. The highest BCUT2D eigenvalue weighted by molar-refractivity contribution is 6.32. The van der Waals surface area contributed by atoms with Gasteiger partial charge in [-0.3, -0.25) is 9.48 Å². The number of hydrogen-bond donors (Lipinski definition) is 0. The Morgan fingerprint density at radius 3 is 2.67 bits per heavy atom. The van der Waals surface area contributed by atoms with Gasteiger partial charge >= 0.3 is 0 Å². The standard InChI is InChI=1S/C16H19ClN2O2/c1-4-12-16(17)13(19(3)18-12)10-14(20)11-8-6-7-9-15(11)21-5-2/h6-9H,4-5,10H2,1-3H3. The minimum atomic E-state index is -0.0217. The number of aryl methyl sites for hydroxylation is 2. The highest BCUT2D eigenvalue weighted by Crippen LogP contribution is 2.25. The second-order valence-electron chi connectivity index (χ2n) is 4.71. The topological polar surface area (TPSA) is 44.1 Å².